The number of anilines is 1. The molecule has 0 saturated carbocycles. The van der Waals surface area contributed by atoms with Crippen LogP contribution in [0.5, 0.6) is 0 Å². The average Bonchev–Trinajstić information content (AvgIpc) is 3.43. The number of ketones is 1. The topological polar surface area (TPSA) is 119 Å². The quantitative estimate of drug-likeness (QED) is 0.397. The van der Waals surface area contributed by atoms with Crippen molar-refractivity contribution in [2.45, 2.75) is 31.3 Å². The van der Waals surface area contributed by atoms with Crippen LogP contribution in [0.25, 0.3) is 0 Å². The molecule has 1 aromatic carbocycles. The minimum absolute atomic E-state index is 0.0417. The Morgan fingerprint density at radius 3 is 2.75 bits per heavy atom. The Morgan fingerprint density at radius 2 is 2.06 bits per heavy atom. The molecule has 174 valence electrons. The molecule has 0 amide bonds. The van der Waals surface area contributed by atoms with Gasteiger partial charge in [0.1, 0.15) is 5.82 Å². The number of carbonyl (C=O) groups excluding carboxylic acids is 1. The van der Waals surface area contributed by atoms with Crippen LogP contribution < -0.4 is 4.31 Å². The number of benzene rings is 1. The molecular weight excluding hydrogens is 472 g/mol. The summed E-state index contributed by atoms with van der Waals surface area (Å²) in [7, 11) is -4.43. The van der Waals surface area contributed by atoms with Gasteiger partial charge >= 0.3 is 0 Å². The number of Topliss-reactive ketones (excluding diaryl/α,β-unsaturated/α-hetero) is 1. The predicted molar refractivity (Wildman–Crippen MR) is 123 cm³/mol. The van der Waals surface area contributed by atoms with E-state index < -0.39 is 19.9 Å². The van der Waals surface area contributed by atoms with Crippen LogP contribution in [-0.4, -0.2) is 66.9 Å². The van der Waals surface area contributed by atoms with Gasteiger partial charge in [-0.05, 0) is 49.4 Å². The molecule has 0 radical (unpaired) electrons. The number of hydrogen-bond acceptors (Lipinski definition) is 8. The van der Waals surface area contributed by atoms with E-state index in [0.717, 1.165) is 11.4 Å². The van der Waals surface area contributed by atoms with Gasteiger partial charge in [0.25, 0.3) is 0 Å². The molecular formula is C20H26N4O5S3. The van der Waals surface area contributed by atoms with Crippen LogP contribution >= 0.6 is 11.8 Å². The standard InChI is InChI=1S/C20H26N4O5S3/c1-3-32(28,29)24-8-6-15-11-16(4-5-17(15)24)18(25)12-30-20-22-21-19(23(20)2)10-14-7-9-31(26,27)13-14/h4-5,11,14H,3,6-10,12-13H2,1-2H3/t14-/m1/s1. The van der Waals surface area contributed by atoms with E-state index >= 15 is 0 Å². The maximum atomic E-state index is 12.7. The van der Waals surface area contributed by atoms with Gasteiger partial charge < -0.3 is 4.57 Å². The Hall–Kier alpha value is -1.92. The molecule has 1 fully saturated rings. The van der Waals surface area contributed by atoms with Gasteiger partial charge in [0, 0.05) is 25.6 Å². The zero-order chi connectivity index (χ0) is 23.1. The number of hydrogen-bond donors (Lipinski definition) is 0. The lowest BCUT2D eigenvalue weighted by molar-refractivity contribution is 0.102. The van der Waals surface area contributed by atoms with Crippen molar-refractivity contribution in [2.75, 3.05) is 33.9 Å². The molecule has 3 heterocycles. The highest BCUT2D eigenvalue weighted by molar-refractivity contribution is 7.99. The third-order valence-corrected chi connectivity index (χ3v) is 10.6. The van der Waals surface area contributed by atoms with Crippen LogP contribution in [0.1, 0.15) is 35.1 Å². The summed E-state index contributed by atoms with van der Waals surface area (Å²) < 4.78 is 51.0. The van der Waals surface area contributed by atoms with Gasteiger partial charge in [0.05, 0.1) is 28.7 Å². The van der Waals surface area contributed by atoms with E-state index in [9.17, 15) is 21.6 Å². The van der Waals surface area contributed by atoms with Crippen molar-refractivity contribution >= 4 is 43.1 Å². The van der Waals surface area contributed by atoms with Crippen molar-refractivity contribution in [3.63, 3.8) is 0 Å². The van der Waals surface area contributed by atoms with Crippen molar-refractivity contribution in [3.8, 4) is 0 Å². The Balaban J connectivity index is 1.39. The highest BCUT2D eigenvalue weighted by atomic mass is 32.2. The molecule has 12 heteroatoms. The molecule has 0 N–H and O–H groups in total. The van der Waals surface area contributed by atoms with Gasteiger partial charge in [-0.15, -0.1) is 10.2 Å². The Labute approximate surface area is 192 Å². The summed E-state index contributed by atoms with van der Waals surface area (Å²) in [5.41, 5.74) is 2.07. The van der Waals surface area contributed by atoms with Crippen LogP contribution in [0.15, 0.2) is 23.4 Å². The van der Waals surface area contributed by atoms with Gasteiger partial charge in [0.15, 0.2) is 20.8 Å². The normalized spacial score (nSPS) is 19.9. The molecule has 0 bridgehead atoms. The molecule has 1 saturated heterocycles. The molecule has 1 atom stereocenters. The third-order valence-electron chi connectivity index (χ3n) is 6.01. The maximum absolute atomic E-state index is 12.7. The molecule has 1 aromatic heterocycles. The highest BCUT2D eigenvalue weighted by Crippen LogP contribution is 2.32. The SMILES string of the molecule is CCS(=O)(=O)N1CCc2cc(C(=O)CSc3nnc(C[C@H]4CCS(=O)(=O)C4)n3C)ccc21. The number of thioether (sulfide) groups is 1. The van der Waals surface area contributed by atoms with Crippen LogP contribution in [0, 0.1) is 5.92 Å². The van der Waals surface area contributed by atoms with Crippen molar-refractivity contribution in [1.82, 2.24) is 14.8 Å². The number of aromatic nitrogens is 3. The lowest BCUT2D eigenvalue weighted by Crippen LogP contribution is -2.30. The molecule has 2 aromatic rings. The van der Waals surface area contributed by atoms with Gasteiger partial charge in [0.2, 0.25) is 10.0 Å². The van der Waals surface area contributed by atoms with Crippen molar-refractivity contribution in [2.24, 2.45) is 13.0 Å². The second-order valence-electron chi connectivity index (χ2n) is 8.21. The Bertz CT molecular complexity index is 1250. The highest BCUT2D eigenvalue weighted by Gasteiger charge is 2.30. The number of rotatable bonds is 8. The number of sulfonamides is 1. The van der Waals surface area contributed by atoms with E-state index in [1.807, 2.05) is 11.6 Å². The summed E-state index contributed by atoms with van der Waals surface area (Å²) in [5, 5.41) is 8.96. The fourth-order valence-electron chi connectivity index (χ4n) is 4.14. The number of sulfone groups is 1. The lowest BCUT2D eigenvalue weighted by atomic mass is 10.1. The zero-order valence-corrected chi connectivity index (χ0v) is 20.5. The molecule has 2 aliphatic heterocycles. The molecule has 0 aliphatic carbocycles. The molecule has 9 nitrogen and oxygen atoms in total. The molecule has 4 rings (SSSR count). The monoisotopic (exact) mass is 498 g/mol. The summed E-state index contributed by atoms with van der Waals surface area (Å²) in [6.45, 7) is 2.03. The first-order chi connectivity index (χ1) is 15.1. The first-order valence-electron chi connectivity index (χ1n) is 10.5. The van der Waals surface area contributed by atoms with Gasteiger partial charge in [-0.2, -0.15) is 0 Å². The molecule has 32 heavy (non-hydrogen) atoms. The summed E-state index contributed by atoms with van der Waals surface area (Å²) in [5.74, 6) is 1.35. The van der Waals surface area contributed by atoms with E-state index in [4.69, 9.17) is 0 Å². The average molecular weight is 499 g/mol. The van der Waals surface area contributed by atoms with E-state index in [-0.39, 0.29) is 34.7 Å². The zero-order valence-electron chi connectivity index (χ0n) is 18.0. The maximum Gasteiger partial charge on any atom is 0.234 e. The number of carbonyl (C=O) groups is 1. The minimum atomic E-state index is -3.32. The number of nitrogens with zero attached hydrogens (tertiary/aromatic N) is 4. The van der Waals surface area contributed by atoms with Crippen LogP contribution in [0.3, 0.4) is 0 Å². The van der Waals surface area contributed by atoms with E-state index in [1.165, 1.54) is 16.1 Å². The first-order valence-corrected chi connectivity index (χ1v) is 14.9. The second kappa shape index (κ2) is 8.79. The third kappa shape index (κ3) is 4.72. The Morgan fingerprint density at radius 1 is 1.28 bits per heavy atom. The smallest absolute Gasteiger partial charge is 0.234 e. The predicted octanol–water partition coefficient (Wildman–Crippen LogP) is 1.48. The van der Waals surface area contributed by atoms with Crippen molar-refractivity contribution in [1.29, 1.82) is 0 Å². The van der Waals surface area contributed by atoms with Crippen molar-refractivity contribution < 1.29 is 21.6 Å². The van der Waals surface area contributed by atoms with Crippen molar-refractivity contribution in [3.05, 3.63) is 35.2 Å². The summed E-state index contributed by atoms with van der Waals surface area (Å²) in [4.78, 5) is 12.7. The second-order valence-corrected chi connectivity index (χ2v) is 13.6. The fourth-order valence-corrected chi connectivity index (χ4v) is 7.99. The van der Waals surface area contributed by atoms with Gasteiger partial charge in [-0.25, -0.2) is 16.8 Å². The van der Waals surface area contributed by atoms with Crippen LogP contribution in [0.2, 0.25) is 0 Å². The van der Waals surface area contributed by atoms with E-state index in [2.05, 4.69) is 10.2 Å². The lowest BCUT2D eigenvalue weighted by Gasteiger charge is -2.18. The number of fused-ring (bicyclic) bond motifs is 1. The summed E-state index contributed by atoms with van der Waals surface area (Å²) in [6.07, 6.45) is 1.79. The van der Waals surface area contributed by atoms with Crippen LogP contribution in [0.4, 0.5) is 5.69 Å². The first kappa shape index (κ1) is 23.2. The van der Waals surface area contributed by atoms with E-state index in [1.54, 1.807) is 25.1 Å². The van der Waals surface area contributed by atoms with Gasteiger partial charge in [-0.3, -0.25) is 9.10 Å². The fraction of sp³-hybridized carbons (Fsp3) is 0.550. The molecule has 2 aliphatic rings. The van der Waals surface area contributed by atoms with Crippen LogP contribution in [-0.2, 0) is 39.7 Å². The molecule has 0 unspecified atom stereocenters. The summed E-state index contributed by atoms with van der Waals surface area (Å²) in [6, 6.07) is 5.17. The largest absolute Gasteiger partial charge is 0.309 e. The van der Waals surface area contributed by atoms with E-state index in [0.29, 0.717) is 42.2 Å². The Kier molecular flexibility index (Phi) is 6.38. The minimum Gasteiger partial charge on any atom is -0.309 e. The van der Waals surface area contributed by atoms with Gasteiger partial charge in [-0.1, -0.05) is 11.8 Å². The molecule has 0 spiro atoms. The summed E-state index contributed by atoms with van der Waals surface area (Å²) >= 11 is 1.29.